The fourth-order valence-electron chi connectivity index (χ4n) is 4.36. The van der Waals surface area contributed by atoms with Crippen molar-refractivity contribution in [3.05, 3.63) is 59.7 Å². The molecule has 1 fully saturated rings. The van der Waals surface area contributed by atoms with E-state index in [1.807, 2.05) is 6.07 Å². The maximum Gasteiger partial charge on any atom is 0.243 e. The maximum atomic E-state index is 13.4. The Hall–Kier alpha value is -2.60. The van der Waals surface area contributed by atoms with Gasteiger partial charge in [-0.1, -0.05) is 31.2 Å². The molecule has 1 heterocycles. The first-order valence-corrected chi connectivity index (χ1v) is 12.8. The number of hydrogen-bond donors (Lipinski definition) is 3. The van der Waals surface area contributed by atoms with Crippen molar-refractivity contribution < 1.29 is 17.8 Å². The Bertz CT molecular complexity index is 1140. The molecular weight excluding hydrogens is 450 g/mol. The largest absolute Gasteiger partial charge is 0.593 e. The normalized spacial score (nSPS) is 24.6. The van der Waals surface area contributed by atoms with Crippen molar-refractivity contribution in [3.8, 4) is 0 Å². The van der Waals surface area contributed by atoms with E-state index < -0.39 is 32.2 Å². The highest BCUT2D eigenvalue weighted by Gasteiger charge is 2.60. The van der Waals surface area contributed by atoms with Crippen LogP contribution in [0.25, 0.3) is 0 Å². The predicted molar refractivity (Wildman–Crippen MR) is 123 cm³/mol. The molecule has 2 aliphatic rings. The minimum Gasteiger partial charge on any atom is -0.593 e. The van der Waals surface area contributed by atoms with E-state index in [2.05, 4.69) is 10.6 Å². The monoisotopic (exact) mass is 475 g/mol. The molecule has 2 aromatic carbocycles. The summed E-state index contributed by atoms with van der Waals surface area (Å²) in [4.78, 5) is 11.1. The van der Waals surface area contributed by atoms with Crippen molar-refractivity contribution in [3.63, 3.8) is 0 Å². The predicted octanol–water partition coefficient (Wildman–Crippen LogP) is 1.22. The van der Waals surface area contributed by atoms with E-state index in [1.54, 1.807) is 56.4 Å². The number of sulfonamides is 1. The van der Waals surface area contributed by atoms with Gasteiger partial charge in [0.25, 0.3) is 0 Å². The van der Waals surface area contributed by atoms with E-state index in [1.165, 1.54) is 8.61 Å². The van der Waals surface area contributed by atoms with Crippen LogP contribution in [0.1, 0.15) is 18.1 Å². The smallest absolute Gasteiger partial charge is 0.243 e. The van der Waals surface area contributed by atoms with Crippen LogP contribution in [0.2, 0.25) is 0 Å². The van der Waals surface area contributed by atoms with E-state index in [-0.39, 0.29) is 23.9 Å². The third-order valence-corrected chi connectivity index (χ3v) is 9.82. The molecule has 1 spiro atoms. The second-order valence-corrected chi connectivity index (χ2v) is 11.4. The van der Waals surface area contributed by atoms with E-state index >= 15 is 0 Å². The Labute approximate surface area is 190 Å². The van der Waals surface area contributed by atoms with Gasteiger partial charge in [-0.05, 0) is 35.4 Å². The molecule has 170 valence electrons. The van der Waals surface area contributed by atoms with Crippen LogP contribution >= 0.6 is 0 Å². The molecule has 0 aromatic heterocycles. The SMILES string of the molecule is CCN(CC1[S+]([O-])N(C)C(=N)N[C@@]12Cc1ccc(NC=O)cc12)S(=O)(=O)c1ccccc1. The lowest BCUT2D eigenvalue weighted by atomic mass is 9.68. The first-order valence-electron chi connectivity index (χ1n) is 10.1. The van der Waals surface area contributed by atoms with Crippen molar-refractivity contribution >= 4 is 39.4 Å². The highest BCUT2D eigenvalue weighted by molar-refractivity contribution is 7.91. The maximum absolute atomic E-state index is 13.4. The number of carbonyl (C=O) groups is 1. The van der Waals surface area contributed by atoms with Crippen LogP contribution in [0.5, 0.6) is 0 Å². The lowest BCUT2D eigenvalue weighted by Crippen LogP contribution is -2.73. The zero-order chi connectivity index (χ0) is 23.1. The molecule has 3 atom stereocenters. The fraction of sp³-hybridized carbons (Fsp3) is 0.333. The van der Waals surface area contributed by atoms with E-state index in [9.17, 15) is 17.8 Å². The molecule has 1 aliphatic heterocycles. The Morgan fingerprint density at radius 3 is 2.72 bits per heavy atom. The molecule has 9 nitrogen and oxygen atoms in total. The van der Waals surface area contributed by atoms with Crippen molar-refractivity contribution in [2.24, 2.45) is 0 Å². The van der Waals surface area contributed by atoms with Gasteiger partial charge in [-0.15, -0.1) is 0 Å². The number of fused-ring (bicyclic) bond motifs is 2. The minimum atomic E-state index is -3.79. The quantitative estimate of drug-likeness (QED) is 0.408. The number of benzene rings is 2. The summed E-state index contributed by atoms with van der Waals surface area (Å²) in [5, 5.41) is 13.5. The lowest BCUT2D eigenvalue weighted by Gasteiger charge is -2.54. The van der Waals surface area contributed by atoms with Crippen molar-refractivity contribution in [2.75, 3.05) is 25.5 Å². The third-order valence-electron chi connectivity index (χ3n) is 6.11. The summed E-state index contributed by atoms with van der Waals surface area (Å²) in [6, 6.07) is 13.6. The molecule has 4 rings (SSSR count). The van der Waals surface area contributed by atoms with Gasteiger partial charge in [0.1, 0.15) is 5.54 Å². The molecule has 3 N–H and O–H groups in total. The van der Waals surface area contributed by atoms with E-state index in [0.29, 0.717) is 18.5 Å². The summed E-state index contributed by atoms with van der Waals surface area (Å²) in [5.41, 5.74) is 1.53. The Morgan fingerprint density at radius 2 is 2.06 bits per heavy atom. The number of anilines is 1. The topological polar surface area (TPSA) is 129 Å². The Morgan fingerprint density at radius 1 is 1.34 bits per heavy atom. The van der Waals surface area contributed by atoms with Gasteiger partial charge < -0.3 is 15.2 Å². The number of nitrogens with one attached hydrogen (secondary N) is 3. The molecule has 1 saturated heterocycles. The molecule has 2 aromatic rings. The van der Waals surface area contributed by atoms with Crippen LogP contribution in [0.3, 0.4) is 0 Å². The first kappa shape index (κ1) is 22.6. The summed E-state index contributed by atoms with van der Waals surface area (Å²) >= 11 is -1.65. The third kappa shape index (κ3) is 3.54. The fourth-order valence-corrected chi connectivity index (χ4v) is 7.47. The van der Waals surface area contributed by atoms with Crippen LogP contribution in [-0.4, -0.2) is 59.3 Å². The molecule has 1 aliphatic carbocycles. The lowest BCUT2D eigenvalue weighted by molar-refractivity contribution is -0.105. The molecule has 0 radical (unpaired) electrons. The Balaban J connectivity index is 1.74. The number of rotatable bonds is 7. The van der Waals surface area contributed by atoms with E-state index in [0.717, 1.165) is 11.1 Å². The average molecular weight is 476 g/mol. The highest BCUT2D eigenvalue weighted by Crippen LogP contribution is 2.47. The van der Waals surface area contributed by atoms with Crippen LogP contribution < -0.4 is 10.6 Å². The van der Waals surface area contributed by atoms with Gasteiger partial charge in [0, 0.05) is 18.7 Å². The van der Waals surface area contributed by atoms with Crippen LogP contribution in [-0.2, 0) is 38.1 Å². The molecule has 1 amide bonds. The molecule has 32 heavy (non-hydrogen) atoms. The van der Waals surface area contributed by atoms with Crippen molar-refractivity contribution in [2.45, 2.75) is 29.0 Å². The second-order valence-electron chi connectivity index (χ2n) is 7.79. The van der Waals surface area contributed by atoms with Crippen LogP contribution in [0.4, 0.5) is 5.69 Å². The van der Waals surface area contributed by atoms with Crippen LogP contribution in [0, 0.1) is 5.41 Å². The van der Waals surface area contributed by atoms with Gasteiger partial charge >= 0.3 is 0 Å². The summed E-state index contributed by atoms with van der Waals surface area (Å²) in [5.74, 6) is 0.00736. The molecule has 2 unspecified atom stereocenters. The molecule has 11 heteroatoms. The highest BCUT2D eigenvalue weighted by atomic mass is 32.2. The summed E-state index contributed by atoms with van der Waals surface area (Å²) in [7, 11) is -2.24. The van der Waals surface area contributed by atoms with Gasteiger partial charge in [0.05, 0.1) is 29.8 Å². The molecule has 0 bridgehead atoms. The Kier molecular flexibility index (Phi) is 5.93. The zero-order valence-electron chi connectivity index (χ0n) is 17.7. The minimum absolute atomic E-state index is 0.00736. The van der Waals surface area contributed by atoms with Crippen LogP contribution in [0.15, 0.2) is 53.4 Å². The average Bonchev–Trinajstić information content (AvgIpc) is 2.78. The molecule has 0 saturated carbocycles. The van der Waals surface area contributed by atoms with Gasteiger partial charge in [-0.3, -0.25) is 10.2 Å². The van der Waals surface area contributed by atoms with Gasteiger partial charge in [-0.25, -0.2) is 8.42 Å². The number of amides is 1. The summed E-state index contributed by atoms with van der Waals surface area (Å²) in [6.07, 6.45) is 1.08. The molecular formula is C21H25N5O4S2. The number of nitrogens with zero attached hydrogens (tertiary/aromatic N) is 2. The van der Waals surface area contributed by atoms with E-state index in [4.69, 9.17) is 5.41 Å². The first-order chi connectivity index (χ1) is 15.2. The summed E-state index contributed by atoms with van der Waals surface area (Å²) in [6.45, 7) is 1.97. The second kappa shape index (κ2) is 8.39. The zero-order valence-corrected chi connectivity index (χ0v) is 19.4. The van der Waals surface area contributed by atoms with Gasteiger partial charge in [-0.2, -0.15) is 8.61 Å². The number of carbonyl (C=O) groups excluding carboxylic acids is 1. The van der Waals surface area contributed by atoms with Gasteiger partial charge in [0.15, 0.2) is 5.25 Å². The summed E-state index contributed by atoms with van der Waals surface area (Å²) < 4.78 is 42.7. The number of hydrogen-bond acceptors (Lipinski definition) is 5. The van der Waals surface area contributed by atoms with Crippen molar-refractivity contribution in [1.29, 1.82) is 5.41 Å². The van der Waals surface area contributed by atoms with Gasteiger partial charge in [0.2, 0.25) is 22.4 Å². The number of guanidine groups is 1. The van der Waals surface area contributed by atoms with Crippen molar-refractivity contribution in [1.82, 2.24) is 13.9 Å². The standard InChI is InChI=1S/C21H25N5O4S2/c1-3-26(32(29,30)17-7-5-4-6-8-17)13-19-21(24-20(22)25(2)31(19)28)12-15-9-10-16(23-14-27)11-18(15)21/h4-11,14,19H,3,12-13H2,1-2H3,(H2,22,24)(H,23,27)/t19?,21-,31?/m1/s1.